The second kappa shape index (κ2) is 10.6. The second-order valence-corrected chi connectivity index (χ2v) is 7.35. The van der Waals surface area contributed by atoms with Crippen molar-refractivity contribution in [3.8, 4) is 11.4 Å². The minimum Gasteiger partial charge on any atom is -0.492 e. The summed E-state index contributed by atoms with van der Waals surface area (Å²) in [6.07, 6.45) is 3.40. The first-order chi connectivity index (χ1) is 14.2. The summed E-state index contributed by atoms with van der Waals surface area (Å²) in [5, 5.41) is 15.3. The molecule has 152 valence electrons. The number of tetrazole rings is 1. The first-order valence-corrected chi connectivity index (χ1v) is 10.7. The molecular formula is C21H25N5O2S. The van der Waals surface area contributed by atoms with Gasteiger partial charge in [-0.15, -0.1) is 5.10 Å². The highest BCUT2D eigenvalue weighted by molar-refractivity contribution is 7.99. The van der Waals surface area contributed by atoms with Crippen molar-refractivity contribution < 1.29 is 9.53 Å². The summed E-state index contributed by atoms with van der Waals surface area (Å²) in [5.74, 6) is 0.787. The Kier molecular flexibility index (Phi) is 7.63. The Balaban J connectivity index is 1.60. The molecule has 8 heteroatoms. The van der Waals surface area contributed by atoms with E-state index >= 15 is 0 Å². The lowest BCUT2D eigenvalue weighted by molar-refractivity contribution is -0.113. The summed E-state index contributed by atoms with van der Waals surface area (Å²) < 4.78 is 7.24. The summed E-state index contributed by atoms with van der Waals surface area (Å²) in [5.41, 5.74) is 2.81. The molecule has 0 spiro atoms. The number of rotatable bonds is 10. The third-order valence-electron chi connectivity index (χ3n) is 4.22. The van der Waals surface area contributed by atoms with Gasteiger partial charge in [0.15, 0.2) is 0 Å². The van der Waals surface area contributed by atoms with Gasteiger partial charge in [0.25, 0.3) is 0 Å². The van der Waals surface area contributed by atoms with E-state index in [1.165, 1.54) is 30.2 Å². The number of thioether (sulfide) groups is 1. The number of carbonyl (C=O) groups excluding carboxylic acids is 1. The number of ether oxygens (including phenoxy) is 1. The van der Waals surface area contributed by atoms with E-state index in [1.807, 2.05) is 43.3 Å². The zero-order valence-electron chi connectivity index (χ0n) is 16.7. The number of hydrogen-bond acceptors (Lipinski definition) is 6. The fraction of sp³-hybridized carbons (Fsp3) is 0.333. The fourth-order valence-electron chi connectivity index (χ4n) is 2.79. The van der Waals surface area contributed by atoms with Gasteiger partial charge < -0.3 is 10.1 Å². The highest BCUT2D eigenvalue weighted by Crippen LogP contribution is 2.26. The van der Waals surface area contributed by atoms with Gasteiger partial charge in [-0.05, 0) is 60.0 Å². The molecule has 0 unspecified atom stereocenters. The molecule has 0 saturated heterocycles. The van der Waals surface area contributed by atoms with Gasteiger partial charge in [-0.2, -0.15) is 4.68 Å². The number of amides is 1. The average Bonchev–Trinajstić information content (AvgIpc) is 3.21. The number of unbranched alkanes of at least 4 members (excludes halogenated alkanes) is 1. The normalized spacial score (nSPS) is 10.7. The maximum absolute atomic E-state index is 12.3. The largest absolute Gasteiger partial charge is 0.492 e. The summed E-state index contributed by atoms with van der Waals surface area (Å²) in [7, 11) is 0. The Labute approximate surface area is 174 Å². The summed E-state index contributed by atoms with van der Waals surface area (Å²) in [6, 6.07) is 15.5. The second-order valence-electron chi connectivity index (χ2n) is 6.41. The molecule has 0 aliphatic carbocycles. The molecule has 1 aromatic heterocycles. The third kappa shape index (κ3) is 5.80. The van der Waals surface area contributed by atoms with Crippen LogP contribution in [0.25, 0.3) is 5.69 Å². The number of benzene rings is 2. The van der Waals surface area contributed by atoms with E-state index in [-0.39, 0.29) is 11.7 Å². The SMILES string of the molecule is CCCCc1ccc(NC(=O)CSc2nnnn2-c2ccccc2OCC)cc1. The number of anilines is 1. The number of nitrogens with one attached hydrogen (secondary N) is 1. The Morgan fingerprint density at radius 1 is 1.14 bits per heavy atom. The van der Waals surface area contributed by atoms with Crippen molar-refractivity contribution in [2.24, 2.45) is 0 Å². The van der Waals surface area contributed by atoms with Gasteiger partial charge in [0, 0.05) is 5.69 Å². The van der Waals surface area contributed by atoms with E-state index in [4.69, 9.17) is 4.74 Å². The maximum Gasteiger partial charge on any atom is 0.234 e. The van der Waals surface area contributed by atoms with Gasteiger partial charge in [0.05, 0.1) is 12.4 Å². The van der Waals surface area contributed by atoms with Gasteiger partial charge in [-0.1, -0.05) is 49.4 Å². The molecule has 7 nitrogen and oxygen atoms in total. The van der Waals surface area contributed by atoms with E-state index in [1.54, 1.807) is 4.68 Å². The molecule has 0 aliphatic rings. The predicted molar refractivity (Wildman–Crippen MR) is 115 cm³/mol. The summed E-state index contributed by atoms with van der Waals surface area (Å²) >= 11 is 1.28. The van der Waals surface area contributed by atoms with Crippen LogP contribution in [0.2, 0.25) is 0 Å². The van der Waals surface area contributed by atoms with Gasteiger partial charge in [-0.3, -0.25) is 4.79 Å². The molecule has 3 rings (SSSR count). The van der Waals surface area contributed by atoms with E-state index < -0.39 is 0 Å². The van der Waals surface area contributed by atoms with Gasteiger partial charge in [0.2, 0.25) is 11.1 Å². The molecule has 0 radical (unpaired) electrons. The Hall–Kier alpha value is -2.87. The van der Waals surface area contributed by atoms with Crippen molar-refractivity contribution in [1.82, 2.24) is 20.2 Å². The van der Waals surface area contributed by atoms with Crippen molar-refractivity contribution in [3.05, 3.63) is 54.1 Å². The van der Waals surface area contributed by atoms with Crippen molar-refractivity contribution in [2.75, 3.05) is 17.7 Å². The number of nitrogens with zero attached hydrogens (tertiary/aromatic N) is 4. The smallest absolute Gasteiger partial charge is 0.234 e. The van der Waals surface area contributed by atoms with Crippen LogP contribution in [0, 0.1) is 0 Å². The van der Waals surface area contributed by atoms with Crippen LogP contribution in [0.1, 0.15) is 32.3 Å². The molecule has 0 fully saturated rings. The molecule has 0 saturated carbocycles. The van der Waals surface area contributed by atoms with Gasteiger partial charge in [-0.25, -0.2) is 0 Å². The van der Waals surface area contributed by atoms with Crippen LogP contribution in [0.4, 0.5) is 5.69 Å². The minimum absolute atomic E-state index is 0.107. The zero-order chi connectivity index (χ0) is 20.5. The van der Waals surface area contributed by atoms with Crippen molar-refractivity contribution in [3.63, 3.8) is 0 Å². The molecule has 0 atom stereocenters. The molecule has 1 N–H and O–H groups in total. The molecule has 0 bridgehead atoms. The Morgan fingerprint density at radius 2 is 1.93 bits per heavy atom. The lowest BCUT2D eigenvalue weighted by Crippen LogP contribution is -2.14. The van der Waals surface area contributed by atoms with Crippen LogP contribution in [0.3, 0.4) is 0 Å². The highest BCUT2D eigenvalue weighted by Gasteiger charge is 2.15. The Morgan fingerprint density at radius 3 is 2.69 bits per heavy atom. The number of carbonyl (C=O) groups is 1. The van der Waals surface area contributed by atoms with Gasteiger partial charge in [0.1, 0.15) is 11.4 Å². The molecule has 0 aliphatic heterocycles. The lowest BCUT2D eigenvalue weighted by Gasteiger charge is -2.10. The highest BCUT2D eigenvalue weighted by atomic mass is 32.2. The quantitative estimate of drug-likeness (QED) is 0.505. The van der Waals surface area contributed by atoms with Crippen LogP contribution in [-0.2, 0) is 11.2 Å². The minimum atomic E-state index is -0.107. The van der Waals surface area contributed by atoms with Crippen molar-refractivity contribution in [2.45, 2.75) is 38.3 Å². The molecule has 29 heavy (non-hydrogen) atoms. The monoisotopic (exact) mass is 411 g/mol. The molecular weight excluding hydrogens is 386 g/mol. The third-order valence-corrected chi connectivity index (χ3v) is 5.14. The summed E-state index contributed by atoms with van der Waals surface area (Å²) in [6.45, 7) is 4.64. The van der Waals surface area contributed by atoms with Gasteiger partial charge >= 0.3 is 0 Å². The van der Waals surface area contributed by atoms with E-state index in [0.29, 0.717) is 17.5 Å². The van der Waals surface area contributed by atoms with Crippen LogP contribution >= 0.6 is 11.8 Å². The lowest BCUT2D eigenvalue weighted by atomic mass is 10.1. The Bertz CT molecular complexity index is 927. The van der Waals surface area contributed by atoms with E-state index in [2.05, 4.69) is 39.9 Å². The van der Waals surface area contributed by atoms with Crippen LogP contribution < -0.4 is 10.1 Å². The molecule has 1 heterocycles. The first-order valence-electron chi connectivity index (χ1n) is 9.73. The molecule has 1 amide bonds. The van der Waals surface area contributed by atoms with E-state index in [0.717, 1.165) is 17.8 Å². The number of para-hydroxylation sites is 2. The zero-order valence-corrected chi connectivity index (χ0v) is 17.5. The number of aromatic nitrogens is 4. The van der Waals surface area contributed by atoms with Crippen LogP contribution in [0.15, 0.2) is 53.7 Å². The van der Waals surface area contributed by atoms with Crippen LogP contribution in [0.5, 0.6) is 5.75 Å². The van der Waals surface area contributed by atoms with Crippen molar-refractivity contribution in [1.29, 1.82) is 0 Å². The summed E-state index contributed by atoms with van der Waals surface area (Å²) in [4.78, 5) is 12.3. The number of hydrogen-bond donors (Lipinski definition) is 1. The predicted octanol–water partition coefficient (Wildman–Crippen LogP) is 4.13. The first kappa shape index (κ1) is 20.9. The van der Waals surface area contributed by atoms with E-state index in [9.17, 15) is 4.79 Å². The van der Waals surface area contributed by atoms with Crippen molar-refractivity contribution >= 4 is 23.4 Å². The molecule has 3 aromatic rings. The average molecular weight is 412 g/mol. The molecule has 2 aromatic carbocycles. The van der Waals surface area contributed by atoms with Crippen LogP contribution in [-0.4, -0.2) is 38.5 Å². The number of aryl methyl sites for hydroxylation is 1. The standard InChI is InChI=1S/C21H25N5O2S/c1-3-5-8-16-11-13-17(14-12-16)22-20(27)15-29-21-23-24-25-26(21)18-9-6-7-10-19(18)28-4-2/h6-7,9-14H,3-5,8,15H2,1-2H3,(H,22,27). The fourth-order valence-corrected chi connectivity index (χ4v) is 3.48. The maximum atomic E-state index is 12.3. The topological polar surface area (TPSA) is 81.9 Å².